The monoisotopic (exact) mass is 473 g/mol. The van der Waals surface area contributed by atoms with Crippen LogP contribution in [0, 0.1) is 3.57 Å². The van der Waals surface area contributed by atoms with Gasteiger partial charge in [-0.15, -0.1) is 10.2 Å². The molecule has 4 rings (SSSR count). The number of para-hydroxylation sites is 1. The molecule has 0 aliphatic heterocycles. The Morgan fingerprint density at radius 1 is 1.22 bits per heavy atom. The zero-order valence-corrected chi connectivity index (χ0v) is 15.9. The molecule has 0 radical (unpaired) electrons. The number of amides is 1. The number of hydrogen-bond acceptors (Lipinski definition) is 5. The van der Waals surface area contributed by atoms with Gasteiger partial charge in [0.05, 0.1) is 22.7 Å². The van der Waals surface area contributed by atoms with E-state index in [1.54, 1.807) is 30.3 Å². The Labute approximate surface area is 165 Å². The van der Waals surface area contributed by atoms with Gasteiger partial charge in [-0.3, -0.25) is 14.2 Å². The van der Waals surface area contributed by atoms with Crippen LogP contribution in [-0.2, 0) is 11.3 Å². The van der Waals surface area contributed by atoms with Crippen molar-refractivity contribution in [2.45, 2.75) is 6.54 Å². The van der Waals surface area contributed by atoms with Crippen LogP contribution in [0.15, 0.2) is 63.8 Å². The fourth-order valence-electron chi connectivity index (χ4n) is 2.74. The number of carbonyl (C=O) groups excluding carboxylic acids is 1. The van der Waals surface area contributed by atoms with Gasteiger partial charge in [0, 0.05) is 8.96 Å². The lowest BCUT2D eigenvalue weighted by molar-refractivity contribution is -0.118. The van der Waals surface area contributed by atoms with E-state index in [2.05, 4.69) is 42.8 Å². The summed E-state index contributed by atoms with van der Waals surface area (Å²) in [5.74, 6) is -0.805. The standard InChI is InChI=1S/C18H12IN5O3/c19-10-5-6-13-12(7-10)18(27)24(9-20-13)8-15(25)22-23-16-11-3-1-2-4-14(11)21-17(16)26/h1-7,9,21,26H,8H2. The zero-order chi connectivity index (χ0) is 19.0. The van der Waals surface area contributed by atoms with Gasteiger partial charge in [0.25, 0.3) is 11.5 Å². The number of benzene rings is 2. The molecule has 0 bridgehead atoms. The minimum Gasteiger partial charge on any atom is -0.493 e. The number of hydrogen-bond donors (Lipinski definition) is 2. The normalized spacial score (nSPS) is 11.6. The summed E-state index contributed by atoms with van der Waals surface area (Å²) in [6, 6.07) is 12.5. The number of nitrogens with one attached hydrogen (secondary N) is 1. The molecule has 0 saturated carbocycles. The van der Waals surface area contributed by atoms with E-state index >= 15 is 0 Å². The molecule has 0 atom stereocenters. The average Bonchev–Trinajstić information content (AvgIpc) is 2.98. The summed E-state index contributed by atoms with van der Waals surface area (Å²) in [6.07, 6.45) is 1.31. The SMILES string of the molecule is O=C(Cn1cnc2ccc(I)cc2c1=O)N=Nc1c(O)[nH]c2ccccc12. The van der Waals surface area contributed by atoms with E-state index in [9.17, 15) is 14.7 Å². The minimum atomic E-state index is -0.631. The molecule has 0 aliphatic rings. The highest BCUT2D eigenvalue weighted by atomic mass is 127. The van der Waals surface area contributed by atoms with E-state index in [-0.39, 0.29) is 23.7 Å². The summed E-state index contributed by atoms with van der Waals surface area (Å²) in [6.45, 7) is -0.292. The predicted molar refractivity (Wildman–Crippen MR) is 108 cm³/mol. The third-order valence-electron chi connectivity index (χ3n) is 4.01. The summed E-state index contributed by atoms with van der Waals surface area (Å²) in [4.78, 5) is 31.6. The Balaban J connectivity index is 1.62. The highest BCUT2D eigenvalue weighted by Crippen LogP contribution is 2.35. The number of aromatic amines is 1. The van der Waals surface area contributed by atoms with Crippen molar-refractivity contribution < 1.29 is 9.90 Å². The quantitative estimate of drug-likeness (QED) is 0.350. The van der Waals surface area contributed by atoms with Crippen molar-refractivity contribution in [2.24, 2.45) is 10.2 Å². The largest absolute Gasteiger partial charge is 0.493 e. The second kappa shape index (κ2) is 6.91. The van der Waals surface area contributed by atoms with Crippen molar-refractivity contribution in [1.29, 1.82) is 0 Å². The first kappa shape index (κ1) is 17.3. The van der Waals surface area contributed by atoms with Crippen LogP contribution < -0.4 is 5.56 Å². The Morgan fingerprint density at radius 3 is 2.89 bits per heavy atom. The number of nitrogens with zero attached hydrogens (tertiary/aromatic N) is 4. The third kappa shape index (κ3) is 3.33. The van der Waals surface area contributed by atoms with Gasteiger partial charge in [-0.2, -0.15) is 0 Å². The van der Waals surface area contributed by atoms with Crippen molar-refractivity contribution >= 4 is 56.0 Å². The summed E-state index contributed by atoms with van der Waals surface area (Å²) >= 11 is 2.11. The molecule has 8 nitrogen and oxygen atoms in total. The number of carbonyl (C=O) groups is 1. The van der Waals surface area contributed by atoms with Crippen LogP contribution in [0.2, 0.25) is 0 Å². The van der Waals surface area contributed by atoms with Crippen LogP contribution in [0.4, 0.5) is 5.69 Å². The lowest BCUT2D eigenvalue weighted by Crippen LogP contribution is -2.23. The Morgan fingerprint density at radius 2 is 2.04 bits per heavy atom. The van der Waals surface area contributed by atoms with E-state index in [0.29, 0.717) is 21.8 Å². The first-order chi connectivity index (χ1) is 13.0. The van der Waals surface area contributed by atoms with E-state index in [4.69, 9.17) is 0 Å². The highest BCUT2D eigenvalue weighted by molar-refractivity contribution is 14.1. The summed E-state index contributed by atoms with van der Waals surface area (Å²) in [5, 5.41) is 18.5. The molecule has 0 spiro atoms. The van der Waals surface area contributed by atoms with E-state index < -0.39 is 5.91 Å². The van der Waals surface area contributed by atoms with Crippen LogP contribution >= 0.6 is 22.6 Å². The predicted octanol–water partition coefficient (Wildman–Crippen LogP) is 3.50. The second-order valence-electron chi connectivity index (χ2n) is 5.80. The summed E-state index contributed by atoms with van der Waals surface area (Å²) in [7, 11) is 0. The molecule has 2 aromatic heterocycles. The van der Waals surface area contributed by atoms with Crippen molar-refractivity contribution in [3.05, 3.63) is 62.7 Å². The lowest BCUT2D eigenvalue weighted by Gasteiger charge is -2.04. The maximum Gasteiger partial charge on any atom is 0.284 e. The zero-order valence-electron chi connectivity index (χ0n) is 13.8. The Hall–Kier alpha value is -3.08. The van der Waals surface area contributed by atoms with Gasteiger partial charge in [0.2, 0.25) is 5.88 Å². The number of aromatic nitrogens is 3. The number of rotatable bonds is 3. The smallest absolute Gasteiger partial charge is 0.284 e. The lowest BCUT2D eigenvalue weighted by atomic mass is 10.2. The molecular weight excluding hydrogens is 461 g/mol. The van der Waals surface area contributed by atoms with Gasteiger partial charge < -0.3 is 10.1 Å². The van der Waals surface area contributed by atoms with E-state index in [1.807, 2.05) is 12.1 Å². The average molecular weight is 473 g/mol. The van der Waals surface area contributed by atoms with Crippen LogP contribution in [0.3, 0.4) is 0 Å². The van der Waals surface area contributed by atoms with Gasteiger partial charge >= 0.3 is 0 Å². The molecule has 27 heavy (non-hydrogen) atoms. The second-order valence-corrected chi connectivity index (χ2v) is 7.05. The molecule has 1 amide bonds. The van der Waals surface area contributed by atoms with Crippen LogP contribution in [-0.4, -0.2) is 25.5 Å². The fraction of sp³-hybridized carbons (Fsp3) is 0.0556. The number of fused-ring (bicyclic) bond motifs is 2. The van der Waals surface area contributed by atoms with Gasteiger partial charge in [-0.1, -0.05) is 18.2 Å². The molecule has 2 heterocycles. The topological polar surface area (TPSA) is 113 Å². The third-order valence-corrected chi connectivity index (χ3v) is 4.68. The maximum atomic E-state index is 12.5. The molecule has 134 valence electrons. The van der Waals surface area contributed by atoms with Gasteiger partial charge in [0.15, 0.2) is 5.69 Å². The summed E-state index contributed by atoms with van der Waals surface area (Å²) in [5.41, 5.74) is 1.10. The van der Waals surface area contributed by atoms with Gasteiger partial charge in [-0.25, -0.2) is 4.98 Å². The Kier molecular flexibility index (Phi) is 4.44. The molecule has 4 aromatic rings. The number of halogens is 1. The first-order valence-electron chi connectivity index (χ1n) is 7.92. The maximum absolute atomic E-state index is 12.5. The van der Waals surface area contributed by atoms with E-state index in [0.717, 1.165) is 3.57 Å². The number of H-pyrrole nitrogens is 1. The van der Waals surface area contributed by atoms with Crippen molar-refractivity contribution in [2.75, 3.05) is 0 Å². The molecule has 0 aliphatic carbocycles. The summed E-state index contributed by atoms with van der Waals surface area (Å²) < 4.78 is 2.09. The molecule has 2 aromatic carbocycles. The molecule has 0 fully saturated rings. The molecule has 9 heteroatoms. The number of azo groups is 1. The van der Waals surface area contributed by atoms with E-state index in [1.165, 1.54) is 10.9 Å². The van der Waals surface area contributed by atoms with Crippen molar-refractivity contribution in [3.63, 3.8) is 0 Å². The first-order valence-corrected chi connectivity index (χ1v) is 9.00. The van der Waals surface area contributed by atoms with Gasteiger partial charge in [-0.05, 0) is 46.9 Å². The van der Waals surface area contributed by atoms with Crippen LogP contribution in [0.1, 0.15) is 0 Å². The van der Waals surface area contributed by atoms with Crippen LogP contribution in [0.25, 0.3) is 21.8 Å². The van der Waals surface area contributed by atoms with Gasteiger partial charge in [0.1, 0.15) is 6.54 Å². The fourth-order valence-corrected chi connectivity index (χ4v) is 3.23. The highest BCUT2D eigenvalue weighted by Gasteiger charge is 2.11. The molecule has 0 saturated heterocycles. The Bertz CT molecular complexity index is 1280. The van der Waals surface area contributed by atoms with Crippen molar-refractivity contribution in [1.82, 2.24) is 14.5 Å². The minimum absolute atomic E-state index is 0.174. The molecular formula is C18H12IN5O3. The molecule has 2 N–H and O–H groups in total. The van der Waals surface area contributed by atoms with Crippen molar-refractivity contribution in [3.8, 4) is 5.88 Å². The molecule has 0 unspecified atom stereocenters. The van der Waals surface area contributed by atoms with Crippen LogP contribution in [0.5, 0.6) is 5.88 Å². The number of aromatic hydroxyl groups is 1.